The van der Waals surface area contributed by atoms with Crippen LogP contribution in [0.2, 0.25) is 0 Å². The average molecular weight is 348 g/mol. The Morgan fingerprint density at radius 2 is 2.17 bits per heavy atom. The Labute approximate surface area is 144 Å². The molecule has 3 rings (SSSR count). The fraction of sp³-hybridized carbons (Fsp3) is 0.412. The highest BCUT2D eigenvalue weighted by atomic mass is 32.1. The SMILES string of the molecule is COc1ccc(C2CCCN2Cc2nc(C(=O)O)cs2)cc1OC. The Kier molecular flexibility index (Phi) is 5.01. The lowest BCUT2D eigenvalue weighted by molar-refractivity contribution is 0.0691. The molecule has 0 radical (unpaired) electrons. The molecule has 0 aliphatic carbocycles. The largest absolute Gasteiger partial charge is 0.493 e. The fourth-order valence-corrected chi connectivity index (χ4v) is 3.90. The third-order valence-corrected chi connectivity index (χ3v) is 5.10. The minimum Gasteiger partial charge on any atom is -0.493 e. The number of rotatable bonds is 6. The van der Waals surface area contributed by atoms with E-state index in [1.165, 1.54) is 16.9 Å². The van der Waals surface area contributed by atoms with Gasteiger partial charge < -0.3 is 14.6 Å². The summed E-state index contributed by atoms with van der Waals surface area (Å²) in [6.45, 7) is 1.64. The van der Waals surface area contributed by atoms with Crippen LogP contribution in [0.1, 0.15) is 39.9 Å². The predicted octanol–water partition coefficient (Wildman–Crippen LogP) is 3.20. The number of carboxylic acid groups (broad SMARTS) is 1. The van der Waals surface area contributed by atoms with Gasteiger partial charge in [-0.2, -0.15) is 0 Å². The van der Waals surface area contributed by atoms with E-state index in [1.54, 1.807) is 19.6 Å². The lowest BCUT2D eigenvalue weighted by Crippen LogP contribution is -2.22. The van der Waals surface area contributed by atoms with Gasteiger partial charge in [0.25, 0.3) is 0 Å². The molecule has 0 spiro atoms. The maximum atomic E-state index is 11.0. The van der Waals surface area contributed by atoms with Crippen molar-refractivity contribution in [3.05, 3.63) is 39.8 Å². The zero-order valence-corrected chi connectivity index (χ0v) is 14.5. The minimum absolute atomic E-state index is 0.122. The number of hydrogen-bond acceptors (Lipinski definition) is 6. The highest BCUT2D eigenvalue weighted by Crippen LogP contribution is 2.37. The summed E-state index contributed by atoms with van der Waals surface area (Å²) >= 11 is 1.40. The van der Waals surface area contributed by atoms with Gasteiger partial charge in [-0.25, -0.2) is 9.78 Å². The summed E-state index contributed by atoms with van der Waals surface area (Å²) in [5.41, 5.74) is 1.30. The molecule has 1 aromatic heterocycles. The monoisotopic (exact) mass is 348 g/mol. The average Bonchev–Trinajstić information content (AvgIpc) is 3.24. The first-order chi connectivity index (χ1) is 11.6. The summed E-state index contributed by atoms with van der Waals surface area (Å²) < 4.78 is 10.7. The summed E-state index contributed by atoms with van der Waals surface area (Å²) in [4.78, 5) is 17.5. The van der Waals surface area contributed by atoms with Crippen LogP contribution >= 0.6 is 11.3 Å². The molecule has 1 atom stereocenters. The van der Waals surface area contributed by atoms with Crippen molar-refractivity contribution in [3.8, 4) is 11.5 Å². The van der Waals surface area contributed by atoms with Crippen molar-refractivity contribution in [2.24, 2.45) is 0 Å². The predicted molar refractivity (Wildman–Crippen MR) is 91.0 cm³/mol. The number of aromatic carboxylic acids is 1. The number of carboxylic acids is 1. The highest BCUT2D eigenvalue weighted by Gasteiger charge is 2.27. The van der Waals surface area contributed by atoms with E-state index in [4.69, 9.17) is 14.6 Å². The first-order valence-corrected chi connectivity index (χ1v) is 8.64. The molecule has 1 saturated heterocycles. The van der Waals surface area contributed by atoms with Crippen LogP contribution in [0.3, 0.4) is 0 Å². The molecule has 1 unspecified atom stereocenters. The number of hydrogen-bond donors (Lipinski definition) is 1. The lowest BCUT2D eigenvalue weighted by Gasteiger charge is -2.24. The van der Waals surface area contributed by atoms with Crippen LogP contribution in [-0.4, -0.2) is 41.7 Å². The lowest BCUT2D eigenvalue weighted by atomic mass is 10.0. The summed E-state index contributed by atoms with van der Waals surface area (Å²) in [5, 5.41) is 11.4. The number of aromatic nitrogens is 1. The van der Waals surface area contributed by atoms with Crippen molar-refractivity contribution in [1.29, 1.82) is 0 Å². The van der Waals surface area contributed by atoms with E-state index in [0.717, 1.165) is 35.9 Å². The molecule has 24 heavy (non-hydrogen) atoms. The number of likely N-dealkylation sites (tertiary alicyclic amines) is 1. The second-order valence-corrected chi connectivity index (χ2v) is 6.62. The molecule has 1 N–H and O–H groups in total. The van der Waals surface area contributed by atoms with Crippen molar-refractivity contribution in [1.82, 2.24) is 9.88 Å². The number of methoxy groups -OCH3 is 2. The third kappa shape index (κ3) is 3.37. The van der Waals surface area contributed by atoms with Crippen molar-refractivity contribution in [3.63, 3.8) is 0 Å². The van der Waals surface area contributed by atoms with Crippen LogP contribution in [0.4, 0.5) is 0 Å². The third-order valence-electron chi connectivity index (χ3n) is 4.27. The zero-order chi connectivity index (χ0) is 17.1. The Morgan fingerprint density at radius 1 is 1.38 bits per heavy atom. The van der Waals surface area contributed by atoms with Crippen molar-refractivity contribution < 1.29 is 19.4 Å². The van der Waals surface area contributed by atoms with Crippen LogP contribution in [0.25, 0.3) is 0 Å². The Morgan fingerprint density at radius 3 is 2.83 bits per heavy atom. The molecule has 0 amide bonds. The first-order valence-electron chi connectivity index (χ1n) is 7.76. The van der Waals surface area contributed by atoms with Gasteiger partial charge in [0.05, 0.1) is 20.8 Å². The molecular formula is C17H20N2O4S. The molecule has 6 nitrogen and oxygen atoms in total. The van der Waals surface area contributed by atoms with Gasteiger partial charge in [-0.05, 0) is 37.1 Å². The number of benzene rings is 1. The van der Waals surface area contributed by atoms with E-state index in [2.05, 4.69) is 16.0 Å². The van der Waals surface area contributed by atoms with Crippen LogP contribution in [-0.2, 0) is 6.54 Å². The van der Waals surface area contributed by atoms with E-state index in [9.17, 15) is 4.79 Å². The molecule has 1 fully saturated rings. The van der Waals surface area contributed by atoms with E-state index in [1.807, 2.05) is 12.1 Å². The van der Waals surface area contributed by atoms with Gasteiger partial charge in [0.2, 0.25) is 0 Å². The topological polar surface area (TPSA) is 71.9 Å². The maximum absolute atomic E-state index is 11.0. The quantitative estimate of drug-likeness (QED) is 0.864. The molecular weight excluding hydrogens is 328 g/mol. The molecule has 0 saturated carbocycles. The number of nitrogens with zero attached hydrogens (tertiary/aromatic N) is 2. The molecule has 2 heterocycles. The molecule has 1 aliphatic heterocycles. The number of thiazole rings is 1. The highest BCUT2D eigenvalue weighted by molar-refractivity contribution is 7.09. The molecule has 2 aromatic rings. The van der Waals surface area contributed by atoms with E-state index in [-0.39, 0.29) is 11.7 Å². The molecule has 1 aliphatic rings. The minimum atomic E-state index is -0.977. The van der Waals surface area contributed by atoms with Gasteiger partial charge in [0.1, 0.15) is 5.01 Å². The maximum Gasteiger partial charge on any atom is 0.355 e. The van der Waals surface area contributed by atoms with Gasteiger partial charge in [0.15, 0.2) is 17.2 Å². The van der Waals surface area contributed by atoms with Crippen LogP contribution in [0.5, 0.6) is 11.5 Å². The summed E-state index contributed by atoms with van der Waals surface area (Å²) in [5.74, 6) is 0.469. The van der Waals surface area contributed by atoms with Gasteiger partial charge >= 0.3 is 5.97 Å². The van der Waals surface area contributed by atoms with E-state index < -0.39 is 5.97 Å². The molecule has 0 bridgehead atoms. The van der Waals surface area contributed by atoms with Crippen LogP contribution in [0, 0.1) is 0 Å². The second-order valence-electron chi connectivity index (χ2n) is 5.67. The number of ether oxygens (including phenoxy) is 2. The van der Waals surface area contributed by atoms with Gasteiger partial charge in [-0.1, -0.05) is 6.07 Å². The van der Waals surface area contributed by atoms with Gasteiger partial charge in [-0.15, -0.1) is 11.3 Å². The van der Waals surface area contributed by atoms with E-state index in [0.29, 0.717) is 6.54 Å². The Bertz CT molecular complexity index is 731. The molecule has 128 valence electrons. The fourth-order valence-electron chi connectivity index (χ4n) is 3.11. The smallest absolute Gasteiger partial charge is 0.355 e. The second kappa shape index (κ2) is 7.19. The molecule has 7 heteroatoms. The van der Waals surface area contributed by atoms with Crippen molar-refractivity contribution >= 4 is 17.3 Å². The standard InChI is InChI=1S/C17H20N2O4S/c1-22-14-6-5-11(8-15(14)23-2)13-4-3-7-19(13)9-16-18-12(10-24-16)17(20)21/h5-6,8,10,13H,3-4,7,9H2,1-2H3,(H,20,21). The Balaban J connectivity index is 1.78. The molecule has 1 aromatic carbocycles. The summed E-state index contributed by atoms with van der Waals surface area (Å²) in [7, 11) is 3.26. The number of carbonyl (C=O) groups is 1. The zero-order valence-electron chi connectivity index (χ0n) is 13.7. The van der Waals surface area contributed by atoms with Crippen molar-refractivity contribution in [2.75, 3.05) is 20.8 Å². The van der Waals surface area contributed by atoms with E-state index >= 15 is 0 Å². The van der Waals surface area contributed by atoms with Gasteiger partial charge in [0, 0.05) is 11.4 Å². The van der Waals surface area contributed by atoms with Gasteiger partial charge in [-0.3, -0.25) is 4.90 Å². The first kappa shape index (κ1) is 16.7. The summed E-state index contributed by atoms with van der Waals surface area (Å²) in [6.07, 6.45) is 2.17. The summed E-state index contributed by atoms with van der Waals surface area (Å²) in [6, 6.07) is 6.29. The van der Waals surface area contributed by atoms with Crippen LogP contribution < -0.4 is 9.47 Å². The Hall–Kier alpha value is -2.12. The van der Waals surface area contributed by atoms with Crippen molar-refractivity contribution in [2.45, 2.75) is 25.4 Å². The van der Waals surface area contributed by atoms with Crippen LogP contribution in [0.15, 0.2) is 23.6 Å². The normalized spacial score (nSPS) is 17.8.